The molecule has 27 heavy (non-hydrogen) atoms. The smallest absolute Gasteiger partial charge is 0.161 e. The first kappa shape index (κ1) is 17.9. The van der Waals surface area contributed by atoms with E-state index in [-0.39, 0.29) is 11.7 Å². The van der Waals surface area contributed by atoms with Gasteiger partial charge in [-0.3, -0.25) is 4.90 Å². The molecule has 0 radical (unpaired) electrons. The van der Waals surface area contributed by atoms with E-state index in [4.69, 9.17) is 14.7 Å². The van der Waals surface area contributed by atoms with E-state index < -0.39 is 0 Å². The first-order valence-corrected chi connectivity index (χ1v) is 9.51. The average Bonchev–Trinajstić information content (AvgIpc) is 2.75. The Labute approximate surface area is 160 Å². The molecule has 2 aliphatic heterocycles. The molecule has 2 aromatic rings. The minimum atomic E-state index is -0.202. The van der Waals surface area contributed by atoms with Crippen LogP contribution in [0.5, 0.6) is 0 Å². The fourth-order valence-electron chi connectivity index (χ4n) is 3.55. The van der Waals surface area contributed by atoms with Crippen molar-refractivity contribution in [2.75, 3.05) is 26.3 Å². The van der Waals surface area contributed by atoms with Gasteiger partial charge in [-0.1, -0.05) is 60.7 Å². The van der Waals surface area contributed by atoms with E-state index in [2.05, 4.69) is 48.3 Å². The normalized spacial score (nSPS) is 19.2. The quantitative estimate of drug-likeness (QED) is 0.910. The summed E-state index contributed by atoms with van der Waals surface area (Å²) < 4.78 is 5.54. The minimum Gasteiger partial charge on any atom is -0.379 e. The molecule has 4 rings (SSSR count). The lowest BCUT2D eigenvalue weighted by molar-refractivity contribution is -0.0175. The van der Waals surface area contributed by atoms with Gasteiger partial charge in [0.05, 0.1) is 18.8 Å². The number of nitrogens with zero attached hydrogens (tertiary/aromatic N) is 3. The highest BCUT2D eigenvalue weighted by molar-refractivity contribution is 6.15. The van der Waals surface area contributed by atoms with Gasteiger partial charge in [0.2, 0.25) is 0 Å². The predicted molar refractivity (Wildman–Crippen MR) is 109 cm³/mol. The highest BCUT2D eigenvalue weighted by Gasteiger charge is 2.38. The number of morpholine rings is 1. The van der Waals surface area contributed by atoms with Crippen LogP contribution in [0.15, 0.2) is 70.6 Å². The van der Waals surface area contributed by atoms with E-state index in [9.17, 15) is 0 Å². The third-order valence-corrected chi connectivity index (χ3v) is 5.29. The summed E-state index contributed by atoms with van der Waals surface area (Å²) in [5.74, 6) is 1.74. The predicted octanol–water partition coefficient (Wildman–Crippen LogP) is 2.92. The monoisotopic (exact) mass is 362 g/mol. The topological polar surface area (TPSA) is 49.2 Å². The van der Waals surface area contributed by atoms with Crippen molar-refractivity contribution in [3.05, 3.63) is 71.8 Å². The Bertz CT molecular complexity index is 768. The lowest BCUT2D eigenvalue weighted by atomic mass is 9.97. The van der Waals surface area contributed by atoms with Gasteiger partial charge in [-0.05, 0) is 13.8 Å². The molecule has 1 fully saturated rings. The summed E-state index contributed by atoms with van der Waals surface area (Å²) >= 11 is 0. The van der Waals surface area contributed by atoms with E-state index in [1.54, 1.807) is 0 Å². The SMILES string of the molecule is CC(C)(C1N=C(c2ccccc2)NC(c2ccccc2)=N1)N1CCOCC1. The van der Waals surface area contributed by atoms with Crippen molar-refractivity contribution in [1.29, 1.82) is 0 Å². The standard InChI is InChI=1S/C22H26N4O/c1-22(2,26-13-15-27-16-14-26)21-24-19(17-9-5-3-6-10-17)23-20(25-21)18-11-7-4-8-12-18/h3-12,21H,13-16H2,1-2H3,(H,23,24,25). The lowest BCUT2D eigenvalue weighted by Crippen LogP contribution is -2.57. The van der Waals surface area contributed by atoms with Crippen molar-refractivity contribution in [2.24, 2.45) is 9.98 Å². The summed E-state index contributed by atoms with van der Waals surface area (Å²) in [5.41, 5.74) is 1.94. The number of benzene rings is 2. The van der Waals surface area contributed by atoms with Crippen LogP contribution >= 0.6 is 0 Å². The Hall–Kier alpha value is -2.50. The first-order chi connectivity index (χ1) is 13.1. The van der Waals surface area contributed by atoms with Crippen molar-refractivity contribution in [1.82, 2.24) is 10.2 Å². The number of hydrogen-bond acceptors (Lipinski definition) is 5. The zero-order valence-corrected chi connectivity index (χ0v) is 15.9. The highest BCUT2D eigenvalue weighted by atomic mass is 16.5. The van der Waals surface area contributed by atoms with Crippen LogP contribution in [-0.2, 0) is 4.74 Å². The molecule has 1 N–H and O–H groups in total. The number of hydrogen-bond donors (Lipinski definition) is 1. The molecule has 0 unspecified atom stereocenters. The summed E-state index contributed by atoms with van der Waals surface area (Å²) in [5, 5.41) is 3.45. The summed E-state index contributed by atoms with van der Waals surface area (Å²) in [4.78, 5) is 12.5. The number of rotatable bonds is 4. The van der Waals surface area contributed by atoms with Gasteiger partial charge in [0.1, 0.15) is 11.7 Å². The molecule has 2 heterocycles. The molecule has 0 aliphatic carbocycles. The molecule has 0 bridgehead atoms. The van der Waals surface area contributed by atoms with E-state index in [1.165, 1.54) is 0 Å². The zero-order valence-electron chi connectivity index (χ0n) is 15.9. The van der Waals surface area contributed by atoms with Gasteiger partial charge in [-0.15, -0.1) is 0 Å². The van der Waals surface area contributed by atoms with Gasteiger partial charge in [-0.2, -0.15) is 0 Å². The third-order valence-electron chi connectivity index (χ3n) is 5.29. The summed E-state index contributed by atoms with van der Waals surface area (Å²) in [7, 11) is 0. The van der Waals surface area contributed by atoms with Gasteiger partial charge in [-0.25, -0.2) is 9.98 Å². The average molecular weight is 362 g/mol. The number of aliphatic imine (C=N–C) groups is 2. The van der Waals surface area contributed by atoms with Crippen molar-refractivity contribution in [3.8, 4) is 0 Å². The fraction of sp³-hybridized carbons (Fsp3) is 0.364. The summed E-state index contributed by atoms with van der Waals surface area (Å²) in [6.45, 7) is 7.80. The van der Waals surface area contributed by atoms with E-state index >= 15 is 0 Å². The second kappa shape index (κ2) is 7.62. The second-order valence-corrected chi connectivity index (χ2v) is 7.44. The van der Waals surface area contributed by atoms with Crippen molar-refractivity contribution >= 4 is 11.7 Å². The molecule has 0 atom stereocenters. The van der Waals surface area contributed by atoms with Gasteiger partial charge in [0.15, 0.2) is 6.17 Å². The van der Waals surface area contributed by atoms with Crippen LogP contribution in [0, 0.1) is 0 Å². The Kier molecular flexibility index (Phi) is 5.05. The zero-order chi connectivity index (χ0) is 18.7. The number of amidine groups is 2. The van der Waals surface area contributed by atoms with Crippen molar-refractivity contribution < 1.29 is 4.74 Å². The third kappa shape index (κ3) is 3.80. The molecular formula is C22H26N4O. The summed E-state index contributed by atoms with van der Waals surface area (Å²) in [6.07, 6.45) is -0.192. The first-order valence-electron chi connectivity index (χ1n) is 9.51. The Morgan fingerprint density at radius 1 is 0.852 bits per heavy atom. The van der Waals surface area contributed by atoms with Crippen LogP contribution in [-0.4, -0.2) is 54.6 Å². The maximum Gasteiger partial charge on any atom is 0.161 e. The van der Waals surface area contributed by atoms with Crippen molar-refractivity contribution in [2.45, 2.75) is 25.6 Å². The van der Waals surface area contributed by atoms with Crippen LogP contribution in [0.25, 0.3) is 0 Å². The summed E-state index contributed by atoms with van der Waals surface area (Å²) in [6, 6.07) is 20.5. The molecule has 2 aliphatic rings. The van der Waals surface area contributed by atoms with Crippen LogP contribution < -0.4 is 5.32 Å². The second-order valence-electron chi connectivity index (χ2n) is 7.44. The van der Waals surface area contributed by atoms with Crippen LogP contribution in [0.2, 0.25) is 0 Å². The molecule has 2 aromatic carbocycles. The van der Waals surface area contributed by atoms with E-state index in [0.717, 1.165) is 49.1 Å². The van der Waals surface area contributed by atoms with Gasteiger partial charge in [0, 0.05) is 24.2 Å². The van der Waals surface area contributed by atoms with E-state index in [1.807, 2.05) is 36.4 Å². The van der Waals surface area contributed by atoms with Crippen LogP contribution in [0.3, 0.4) is 0 Å². The molecule has 0 saturated carbocycles. The number of nitrogens with one attached hydrogen (secondary N) is 1. The molecular weight excluding hydrogens is 336 g/mol. The van der Waals surface area contributed by atoms with Gasteiger partial charge < -0.3 is 10.1 Å². The fourth-order valence-corrected chi connectivity index (χ4v) is 3.55. The van der Waals surface area contributed by atoms with Crippen LogP contribution in [0.1, 0.15) is 25.0 Å². The molecule has 0 spiro atoms. The molecule has 1 saturated heterocycles. The lowest BCUT2D eigenvalue weighted by Gasteiger charge is -2.43. The number of ether oxygens (including phenoxy) is 1. The minimum absolute atomic E-state index is 0.192. The van der Waals surface area contributed by atoms with Gasteiger partial charge >= 0.3 is 0 Å². The highest BCUT2D eigenvalue weighted by Crippen LogP contribution is 2.26. The Morgan fingerprint density at radius 3 is 1.81 bits per heavy atom. The molecule has 0 aromatic heterocycles. The van der Waals surface area contributed by atoms with E-state index in [0.29, 0.717) is 0 Å². The van der Waals surface area contributed by atoms with Crippen molar-refractivity contribution in [3.63, 3.8) is 0 Å². The molecule has 0 amide bonds. The Morgan fingerprint density at radius 2 is 1.33 bits per heavy atom. The Balaban J connectivity index is 1.72. The van der Waals surface area contributed by atoms with Gasteiger partial charge in [0.25, 0.3) is 0 Å². The molecule has 140 valence electrons. The largest absolute Gasteiger partial charge is 0.379 e. The maximum absolute atomic E-state index is 5.54. The molecule has 5 heteroatoms. The van der Waals surface area contributed by atoms with Crippen LogP contribution in [0.4, 0.5) is 0 Å². The molecule has 5 nitrogen and oxygen atoms in total. The maximum atomic E-state index is 5.54.